The first-order valence-electron chi connectivity index (χ1n) is 7.89. The molecule has 2 aliphatic rings. The molecule has 0 aromatic carbocycles. The van der Waals surface area contributed by atoms with Crippen LogP contribution in [-0.2, 0) is 19.5 Å². The van der Waals surface area contributed by atoms with Crippen molar-refractivity contribution in [3.8, 4) is 0 Å². The Morgan fingerprint density at radius 2 is 1.57 bits per heavy atom. The van der Waals surface area contributed by atoms with Crippen molar-refractivity contribution in [3.63, 3.8) is 0 Å². The number of ether oxygens (including phenoxy) is 2. The minimum absolute atomic E-state index is 0.0363. The third-order valence-electron chi connectivity index (χ3n) is 4.04. The summed E-state index contributed by atoms with van der Waals surface area (Å²) in [5.74, 6) is 0.673. The van der Waals surface area contributed by atoms with Crippen LogP contribution in [0.15, 0.2) is 0 Å². The topological polar surface area (TPSA) is 55.8 Å². The quantitative estimate of drug-likeness (QED) is 0.476. The minimum atomic E-state index is -3.25. The van der Waals surface area contributed by atoms with Crippen molar-refractivity contribution in [2.24, 2.45) is 0 Å². The van der Waals surface area contributed by atoms with E-state index in [-0.39, 0.29) is 18.0 Å². The molecule has 2 fully saturated rings. The molecule has 2 heterocycles. The smallest absolute Gasteiger partial charge is 0.214 e. The van der Waals surface area contributed by atoms with Crippen LogP contribution >= 0.6 is 11.6 Å². The van der Waals surface area contributed by atoms with E-state index in [9.17, 15) is 8.42 Å². The largest absolute Gasteiger partial charge is 0.377 e. The van der Waals surface area contributed by atoms with E-state index in [1.165, 1.54) is 0 Å². The van der Waals surface area contributed by atoms with Gasteiger partial charge in [-0.25, -0.2) is 8.42 Å². The summed E-state index contributed by atoms with van der Waals surface area (Å²) in [5.41, 5.74) is 0. The fraction of sp³-hybridized carbons (Fsp3) is 1.00. The lowest BCUT2D eigenvalue weighted by Gasteiger charge is -2.27. The third-order valence-corrected chi connectivity index (χ3v) is 6.20. The van der Waals surface area contributed by atoms with Gasteiger partial charge in [-0.05, 0) is 38.5 Å². The van der Waals surface area contributed by atoms with Crippen LogP contribution in [0.3, 0.4) is 0 Å². The molecule has 0 aromatic rings. The number of hydrogen-bond acceptors (Lipinski definition) is 4. The first-order chi connectivity index (χ1) is 10.1. The SMILES string of the molecule is O=S(=O)(CCCCCl)N(CC1CCCO1)CC1CCCO1. The van der Waals surface area contributed by atoms with Crippen LogP contribution in [0.4, 0.5) is 0 Å². The second kappa shape index (κ2) is 8.67. The van der Waals surface area contributed by atoms with Crippen LogP contribution in [0.2, 0.25) is 0 Å². The molecule has 2 saturated heterocycles. The molecule has 5 nitrogen and oxygen atoms in total. The van der Waals surface area contributed by atoms with Gasteiger partial charge in [-0.2, -0.15) is 4.31 Å². The van der Waals surface area contributed by atoms with Crippen molar-refractivity contribution in [2.45, 2.75) is 50.7 Å². The van der Waals surface area contributed by atoms with Gasteiger partial charge in [0.15, 0.2) is 0 Å². The zero-order valence-corrected chi connectivity index (χ0v) is 14.1. The van der Waals surface area contributed by atoms with E-state index in [0.29, 0.717) is 25.4 Å². The number of unbranched alkanes of at least 4 members (excludes halogenated alkanes) is 1. The normalized spacial score (nSPS) is 26.8. The lowest BCUT2D eigenvalue weighted by atomic mass is 10.2. The van der Waals surface area contributed by atoms with Crippen molar-refractivity contribution in [1.29, 1.82) is 0 Å². The summed E-state index contributed by atoms with van der Waals surface area (Å²) in [6, 6.07) is 0. The molecule has 2 aliphatic heterocycles. The van der Waals surface area contributed by atoms with Gasteiger partial charge in [-0.3, -0.25) is 0 Å². The van der Waals surface area contributed by atoms with E-state index in [1.807, 2.05) is 0 Å². The summed E-state index contributed by atoms with van der Waals surface area (Å²) < 4.78 is 37.9. The molecule has 2 atom stereocenters. The first kappa shape index (κ1) is 17.5. The van der Waals surface area contributed by atoms with Gasteiger partial charge in [0.05, 0.1) is 18.0 Å². The van der Waals surface area contributed by atoms with Crippen LogP contribution < -0.4 is 0 Å². The maximum absolute atomic E-state index is 12.6. The van der Waals surface area contributed by atoms with Crippen LogP contribution in [0.1, 0.15) is 38.5 Å². The summed E-state index contributed by atoms with van der Waals surface area (Å²) in [6.07, 6.45) is 5.34. The van der Waals surface area contributed by atoms with Crippen LogP contribution in [0.5, 0.6) is 0 Å². The van der Waals surface area contributed by atoms with Gasteiger partial charge in [-0.15, -0.1) is 11.6 Å². The zero-order chi connectivity index (χ0) is 15.1. The van der Waals surface area contributed by atoms with Crippen molar-refractivity contribution in [1.82, 2.24) is 4.31 Å². The number of hydrogen-bond donors (Lipinski definition) is 0. The summed E-state index contributed by atoms with van der Waals surface area (Å²) in [5, 5.41) is 0. The fourth-order valence-corrected chi connectivity index (χ4v) is 4.64. The van der Waals surface area contributed by atoms with Gasteiger partial charge < -0.3 is 9.47 Å². The highest BCUT2D eigenvalue weighted by Crippen LogP contribution is 2.20. The molecule has 21 heavy (non-hydrogen) atoms. The Labute approximate surface area is 133 Å². The van der Waals surface area contributed by atoms with Gasteiger partial charge >= 0.3 is 0 Å². The maximum atomic E-state index is 12.6. The highest BCUT2D eigenvalue weighted by molar-refractivity contribution is 7.89. The van der Waals surface area contributed by atoms with Gasteiger partial charge in [0.2, 0.25) is 10.0 Å². The molecule has 0 aromatic heterocycles. The standard InChI is InChI=1S/C14H26ClNO4S/c15-7-1-2-10-21(17,18)16(11-13-5-3-8-19-13)12-14-6-4-9-20-14/h13-14H,1-12H2. The number of halogens is 1. The minimum Gasteiger partial charge on any atom is -0.377 e. The molecule has 0 saturated carbocycles. The Bertz CT molecular complexity index is 374. The van der Waals surface area contributed by atoms with Crippen LogP contribution in [0, 0.1) is 0 Å². The molecule has 2 rings (SSSR count). The van der Waals surface area contributed by atoms with Crippen LogP contribution in [0.25, 0.3) is 0 Å². The van der Waals surface area contributed by atoms with Gasteiger partial charge in [0, 0.05) is 32.2 Å². The molecular formula is C14H26ClNO4S. The molecule has 7 heteroatoms. The summed E-state index contributed by atoms with van der Waals surface area (Å²) in [7, 11) is -3.25. The number of rotatable bonds is 9. The van der Waals surface area contributed by atoms with Crippen molar-refractivity contribution in [3.05, 3.63) is 0 Å². The Morgan fingerprint density at radius 1 is 1.00 bits per heavy atom. The van der Waals surface area contributed by atoms with Gasteiger partial charge in [-0.1, -0.05) is 0 Å². The van der Waals surface area contributed by atoms with E-state index >= 15 is 0 Å². The van der Waals surface area contributed by atoms with E-state index in [4.69, 9.17) is 21.1 Å². The fourth-order valence-electron chi connectivity index (χ4n) is 2.84. The summed E-state index contributed by atoms with van der Waals surface area (Å²) in [6.45, 7) is 2.40. The van der Waals surface area contributed by atoms with E-state index < -0.39 is 10.0 Å². The molecule has 0 radical (unpaired) electrons. The highest BCUT2D eigenvalue weighted by Gasteiger charge is 2.30. The Balaban J connectivity index is 1.94. The molecule has 0 bridgehead atoms. The average molecular weight is 340 g/mol. The van der Waals surface area contributed by atoms with Crippen molar-refractivity contribution >= 4 is 21.6 Å². The Kier molecular flexibility index (Phi) is 7.22. The van der Waals surface area contributed by atoms with Crippen molar-refractivity contribution < 1.29 is 17.9 Å². The second-order valence-electron chi connectivity index (χ2n) is 5.80. The molecule has 0 N–H and O–H groups in total. The highest BCUT2D eigenvalue weighted by atomic mass is 35.5. The summed E-state index contributed by atoms with van der Waals surface area (Å²) >= 11 is 5.64. The average Bonchev–Trinajstić information content (AvgIpc) is 3.11. The number of sulfonamides is 1. The third kappa shape index (κ3) is 5.67. The molecule has 124 valence electrons. The van der Waals surface area contributed by atoms with E-state index in [0.717, 1.165) is 45.3 Å². The number of alkyl halides is 1. The van der Waals surface area contributed by atoms with Crippen molar-refractivity contribution in [2.75, 3.05) is 37.9 Å². The van der Waals surface area contributed by atoms with Gasteiger partial charge in [0.25, 0.3) is 0 Å². The van der Waals surface area contributed by atoms with E-state index in [2.05, 4.69) is 0 Å². The monoisotopic (exact) mass is 339 g/mol. The number of nitrogens with zero attached hydrogens (tertiary/aromatic N) is 1. The Hall–Kier alpha value is 0.120. The molecule has 0 spiro atoms. The second-order valence-corrected chi connectivity index (χ2v) is 8.27. The van der Waals surface area contributed by atoms with Gasteiger partial charge in [0.1, 0.15) is 0 Å². The van der Waals surface area contributed by atoms with E-state index in [1.54, 1.807) is 4.31 Å². The molecule has 2 unspecified atom stereocenters. The molecule has 0 amide bonds. The molecular weight excluding hydrogens is 314 g/mol. The molecule has 0 aliphatic carbocycles. The maximum Gasteiger partial charge on any atom is 0.214 e. The first-order valence-corrected chi connectivity index (χ1v) is 10.0. The lowest BCUT2D eigenvalue weighted by Crippen LogP contribution is -2.43. The Morgan fingerprint density at radius 3 is 2.00 bits per heavy atom. The predicted molar refractivity (Wildman–Crippen MR) is 83.3 cm³/mol. The zero-order valence-electron chi connectivity index (χ0n) is 12.5. The predicted octanol–water partition coefficient (Wildman–Crippen LogP) is 2.00. The lowest BCUT2D eigenvalue weighted by molar-refractivity contribution is 0.0649. The van der Waals surface area contributed by atoms with Crippen LogP contribution in [-0.4, -0.2) is 62.9 Å². The summed E-state index contributed by atoms with van der Waals surface area (Å²) in [4.78, 5) is 0.